The van der Waals surface area contributed by atoms with Crippen molar-refractivity contribution in [3.05, 3.63) is 43.2 Å². The maximum atomic E-state index is 12.1. The summed E-state index contributed by atoms with van der Waals surface area (Å²) in [5.41, 5.74) is -0.110. The van der Waals surface area contributed by atoms with Crippen LogP contribution >= 0.6 is 27.5 Å². The Hall–Kier alpha value is -1.93. The van der Waals surface area contributed by atoms with E-state index in [4.69, 9.17) is 11.6 Å². The molecule has 3 N–H and O–H groups in total. The van der Waals surface area contributed by atoms with Gasteiger partial charge in [0, 0.05) is 4.47 Å². The quantitative estimate of drug-likeness (QED) is 0.706. The number of ketones is 1. The number of hydrogen-bond donors (Lipinski definition) is 3. The molecular weight excluding hydrogens is 364 g/mol. The minimum Gasteiger partial charge on any atom is -0.506 e. The van der Waals surface area contributed by atoms with Gasteiger partial charge in [0.15, 0.2) is 5.78 Å². The minimum absolute atomic E-state index is 0.0595. The molecule has 1 heterocycles. The Labute approximate surface area is 132 Å². The molecule has 0 saturated heterocycles. The van der Waals surface area contributed by atoms with Gasteiger partial charge in [0.2, 0.25) is 5.95 Å². The molecule has 0 saturated carbocycles. The van der Waals surface area contributed by atoms with E-state index in [0.29, 0.717) is 4.47 Å². The number of nitrogens with one attached hydrogen (secondary N) is 2. The van der Waals surface area contributed by atoms with Crippen LogP contribution in [0.1, 0.15) is 16.1 Å². The number of carbonyl (C=O) groups excluding carboxylic acids is 1. The third-order valence-electron chi connectivity index (χ3n) is 2.61. The molecule has 0 aliphatic heterocycles. The van der Waals surface area contributed by atoms with E-state index < -0.39 is 11.3 Å². The normalized spacial score (nSPS) is 10.4. The molecule has 0 aliphatic carbocycles. The molecule has 21 heavy (non-hydrogen) atoms. The van der Waals surface area contributed by atoms with Crippen molar-refractivity contribution in [2.45, 2.75) is 6.92 Å². The number of benzene rings is 1. The second-order valence-corrected chi connectivity index (χ2v) is 5.47. The molecule has 1 aromatic carbocycles. The first kappa shape index (κ1) is 15.5. The van der Waals surface area contributed by atoms with Crippen LogP contribution in [0.15, 0.2) is 21.4 Å². The van der Waals surface area contributed by atoms with Crippen LogP contribution in [-0.4, -0.2) is 32.6 Å². The number of aromatic amines is 1. The van der Waals surface area contributed by atoms with Crippen LogP contribution in [0.25, 0.3) is 0 Å². The molecule has 0 radical (unpaired) electrons. The van der Waals surface area contributed by atoms with Gasteiger partial charge in [-0.25, -0.2) is 0 Å². The fourth-order valence-electron chi connectivity index (χ4n) is 1.51. The van der Waals surface area contributed by atoms with Gasteiger partial charge in [-0.1, -0.05) is 27.5 Å². The van der Waals surface area contributed by atoms with Gasteiger partial charge < -0.3 is 10.4 Å². The van der Waals surface area contributed by atoms with E-state index in [-0.39, 0.29) is 34.5 Å². The second kappa shape index (κ2) is 6.23. The van der Waals surface area contributed by atoms with Crippen LogP contribution in [0, 0.1) is 6.92 Å². The average Bonchev–Trinajstić information content (AvgIpc) is 2.43. The van der Waals surface area contributed by atoms with Crippen molar-refractivity contribution in [1.29, 1.82) is 0 Å². The van der Waals surface area contributed by atoms with Gasteiger partial charge in [0.25, 0.3) is 5.56 Å². The highest BCUT2D eigenvalue weighted by Crippen LogP contribution is 2.31. The molecule has 0 spiro atoms. The maximum absolute atomic E-state index is 12.1. The van der Waals surface area contributed by atoms with Gasteiger partial charge in [-0.15, -0.1) is 10.2 Å². The van der Waals surface area contributed by atoms with Crippen molar-refractivity contribution in [3.63, 3.8) is 0 Å². The predicted octanol–water partition coefficient (Wildman–Crippen LogP) is 1.89. The van der Waals surface area contributed by atoms with E-state index >= 15 is 0 Å². The van der Waals surface area contributed by atoms with Gasteiger partial charge in [-0.05, 0) is 19.1 Å². The number of nitrogens with zero attached hydrogens (tertiary/aromatic N) is 2. The summed E-state index contributed by atoms with van der Waals surface area (Å²) in [6, 6.07) is 2.93. The molecule has 9 heteroatoms. The molecule has 7 nitrogen and oxygen atoms in total. The van der Waals surface area contributed by atoms with Crippen LogP contribution in [-0.2, 0) is 0 Å². The number of H-pyrrole nitrogens is 1. The molecule has 110 valence electrons. The number of hydrogen-bond acceptors (Lipinski definition) is 6. The van der Waals surface area contributed by atoms with Crippen LogP contribution in [0.5, 0.6) is 5.75 Å². The molecule has 2 rings (SSSR count). The molecule has 0 unspecified atom stereocenters. The molecule has 1 aromatic heterocycles. The average molecular weight is 374 g/mol. The van der Waals surface area contributed by atoms with E-state index in [2.05, 4.69) is 36.4 Å². The number of halogens is 2. The van der Waals surface area contributed by atoms with Gasteiger partial charge >= 0.3 is 0 Å². The molecule has 0 fully saturated rings. The summed E-state index contributed by atoms with van der Waals surface area (Å²) in [6.07, 6.45) is 0. The Morgan fingerprint density at radius 1 is 1.48 bits per heavy atom. The van der Waals surface area contributed by atoms with Crippen LogP contribution in [0.3, 0.4) is 0 Å². The van der Waals surface area contributed by atoms with E-state index in [1.54, 1.807) is 0 Å². The topological polar surface area (TPSA) is 108 Å². The number of Topliss-reactive ketones (excluding diaryl/α,β-unsaturated/α-hetero) is 1. The lowest BCUT2D eigenvalue weighted by Gasteiger charge is -2.07. The van der Waals surface area contributed by atoms with Gasteiger partial charge in [-0.2, -0.15) is 0 Å². The summed E-state index contributed by atoms with van der Waals surface area (Å²) in [5.74, 6) is -0.645. The van der Waals surface area contributed by atoms with E-state index in [1.807, 2.05) is 0 Å². The summed E-state index contributed by atoms with van der Waals surface area (Å²) in [6.45, 7) is 1.33. The largest absolute Gasteiger partial charge is 0.506 e. The van der Waals surface area contributed by atoms with E-state index in [0.717, 1.165) is 0 Å². The fraction of sp³-hybridized carbons (Fsp3) is 0.167. The highest BCUT2D eigenvalue weighted by molar-refractivity contribution is 9.10. The third-order valence-corrected chi connectivity index (χ3v) is 3.35. The lowest BCUT2D eigenvalue weighted by Crippen LogP contribution is -2.21. The summed E-state index contributed by atoms with van der Waals surface area (Å²) < 4.78 is 0.567. The highest BCUT2D eigenvalue weighted by atomic mass is 79.9. The monoisotopic (exact) mass is 372 g/mol. The molecular formula is C12H10BrClN4O3. The Morgan fingerprint density at radius 2 is 2.19 bits per heavy atom. The predicted molar refractivity (Wildman–Crippen MR) is 81.0 cm³/mol. The molecule has 0 amide bonds. The summed E-state index contributed by atoms with van der Waals surface area (Å²) >= 11 is 8.99. The van der Waals surface area contributed by atoms with Gasteiger partial charge in [0.1, 0.15) is 11.4 Å². The SMILES string of the molecule is Cc1nnc(NCC(=O)c2cc(Br)cc(Cl)c2O)[nH]c1=O. The molecule has 0 aliphatic rings. The maximum Gasteiger partial charge on any atom is 0.273 e. The number of phenols is 1. The number of anilines is 1. The number of carbonyl (C=O) groups is 1. The first-order chi connectivity index (χ1) is 9.88. The lowest BCUT2D eigenvalue weighted by atomic mass is 10.1. The van der Waals surface area contributed by atoms with E-state index in [1.165, 1.54) is 19.1 Å². The first-order valence-corrected chi connectivity index (χ1v) is 6.94. The van der Waals surface area contributed by atoms with Crippen molar-refractivity contribution in [2.24, 2.45) is 0 Å². The van der Waals surface area contributed by atoms with Crippen molar-refractivity contribution in [1.82, 2.24) is 15.2 Å². The highest BCUT2D eigenvalue weighted by Gasteiger charge is 2.15. The zero-order valence-corrected chi connectivity index (χ0v) is 13.1. The van der Waals surface area contributed by atoms with Crippen molar-refractivity contribution in [3.8, 4) is 5.75 Å². The smallest absolute Gasteiger partial charge is 0.273 e. The Morgan fingerprint density at radius 3 is 2.86 bits per heavy atom. The molecule has 0 bridgehead atoms. The number of aryl methyl sites for hydroxylation is 1. The second-order valence-electron chi connectivity index (χ2n) is 4.15. The van der Waals surface area contributed by atoms with Gasteiger partial charge in [0.05, 0.1) is 17.1 Å². The van der Waals surface area contributed by atoms with Gasteiger partial charge in [-0.3, -0.25) is 14.6 Å². The number of rotatable bonds is 4. The summed E-state index contributed by atoms with van der Waals surface area (Å²) in [7, 11) is 0. The lowest BCUT2D eigenvalue weighted by molar-refractivity contribution is 0.100. The standard InChI is InChI=1S/C12H10BrClN4O3/c1-5-11(21)16-12(18-17-5)15-4-9(19)7-2-6(13)3-8(14)10(7)20/h2-3,20H,4H2,1H3,(H2,15,16,18,21). The third kappa shape index (κ3) is 3.59. The number of phenolic OH excluding ortho intramolecular Hbond substituents is 1. The van der Waals surface area contributed by atoms with Crippen molar-refractivity contribution >= 4 is 39.3 Å². The first-order valence-electron chi connectivity index (χ1n) is 5.77. The van der Waals surface area contributed by atoms with Crippen LogP contribution in [0.2, 0.25) is 5.02 Å². The Bertz CT molecular complexity index is 763. The zero-order valence-electron chi connectivity index (χ0n) is 10.8. The minimum atomic E-state index is -0.418. The molecule has 2 aromatic rings. The summed E-state index contributed by atoms with van der Waals surface area (Å²) in [5, 5.41) is 19.8. The fourth-order valence-corrected chi connectivity index (χ4v) is 2.32. The molecule has 0 atom stereocenters. The zero-order chi connectivity index (χ0) is 15.6. The number of aromatic nitrogens is 3. The number of aromatic hydroxyl groups is 1. The van der Waals surface area contributed by atoms with Crippen LogP contribution in [0.4, 0.5) is 5.95 Å². The summed E-state index contributed by atoms with van der Waals surface area (Å²) in [4.78, 5) is 25.8. The van der Waals surface area contributed by atoms with Crippen molar-refractivity contribution in [2.75, 3.05) is 11.9 Å². The Kier molecular flexibility index (Phi) is 4.59. The van der Waals surface area contributed by atoms with Crippen LogP contribution < -0.4 is 10.9 Å². The van der Waals surface area contributed by atoms with E-state index in [9.17, 15) is 14.7 Å². The van der Waals surface area contributed by atoms with Crippen molar-refractivity contribution < 1.29 is 9.90 Å². The Balaban J connectivity index is 2.15.